The van der Waals surface area contributed by atoms with Crippen LogP contribution in [-0.2, 0) is 28.2 Å². The summed E-state index contributed by atoms with van der Waals surface area (Å²) in [5.74, 6) is -0.176. The summed E-state index contributed by atoms with van der Waals surface area (Å²) in [5, 5.41) is 3.01. The molecular formula is C21H29Cl2N3O2. The second kappa shape index (κ2) is 11.4. The van der Waals surface area contributed by atoms with Crippen molar-refractivity contribution in [2.75, 3.05) is 26.3 Å². The lowest BCUT2D eigenvalue weighted by Crippen LogP contribution is -2.48. The Hall–Kier alpha value is -1.63. The fourth-order valence-electron chi connectivity index (χ4n) is 3.16. The molecular weight excluding hydrogens is 397 g/mol. The van der Waals surface area contributed by atoms with Gasteiger partial charge in [0.25, 0.3) is 0 Å². The standard InChI is InChI=1S/C21H27N3O2.2ClH/c1-21(22,19-9-3-2-4-10-19)20(25)23-15-17-7-5-6-8-18(17)16-24-11-13-26-14-12-24;;/h2-10H,11-16,22H2,1H3,(H,23,25);2*1H. The van der Waals surface area contributed by atoms with E-state index in [1.807, 2.05) is 42.5 Å². The Bertz CT molecular complexity index is 735. The molecule has 7 heteroatoms. The molecule has 28 heavy (non-hydrogen) atoms. The molecule has 0 saturated carbocycles. The quantitative estimate of drug-likeness (QED) is 0.746. The van der Waals surface area contributed by atoms with Gasteiger partial charge in [-0.15, -0.1) is 24.8 Å². The third-order valence-corrected chi connectivity index (χ3v) is 4.90. The van der Waals surface area contributed by atoms with Gasteiger partial charge in [0.15, 0.2) is 0 Å². The first kappa shape index (κ1) is 24.4. The van der Waals surface area contributed by atoms with Crippen molar-refractivity contribution in [1.82, 2.24) is 10.2 Å². The molecule has 1 aliphatic rings. The van der Waals surface area contributed by atoms with Crippen molar-refractivity contribution >= 4 is 30.7 Å². The smallest absolute Gasteiger partial charge is 0.244 e. The molecule has 0 spiro atoms. The largest absolute Gasteiger partial charge is 0.379 e. The first-order valence-corrected chi connectivity index (χ1v) is 9.07. The SMILES string of the molecule is CC(N)(C(=O)NCc1ccccc1CN1CCOCC1)c1ccccc1.Cl.Cl. The van der Waals surface area contributed by atoms with Crippen molar-refractivity contribution in [3.63, 3.8) is 0 Å². The number of benzene rings is 2. The van der Waals surface area contributed by atoms with E-state index in [2.05, 4.69) is 22.3 Å². The molecule has 0 aromatic heterocycles. The van der Waals surface area contributed by atoms with Crippen LogP contribution in [0.4, 0.5) is 0 Å². The van der Waals surface area contributed by atoms with Gasteiger partial charge >= 0.3 is 0 Å². The van der Waals surface area contributed by atoms with Crippen LogP contribution < -0.4 is 11.1 Å². The molecule has 1 heterocycles. The lowest BCUT2D eigenvalue weighted by molar-refractivity contribution is -0.126. The molecule has 5 nitrogen and oxygen atoms in total. The first-order chi connectivity index (χ1) is 12.6. The molecule has 1 amide bonds. The minimum Gasteiger partial charge on any atom is -0.379 e. The van der Waals surface area contributed by atoms with Crippen LogP contribution >= 0.6 is 24.8 Å². The zero-order valence-corrected chi connectivity index (χ0v) is 17.7. The number of rotatable bonds is 6. The van der Waals surface area contributed by atoms with Gasteiger partial charge in [-0.25, -0.2) is 0 Å². The van der Waals surface area contributed by atoms with Crippen molar-refractivity contribution in [3.05, 3.63) is 71.3 Å². The molecule has 2 aromatic carbocycles. The average molecular weight is 426 g/mol. The maximum absolute atomic E-state index is 12.7. The van der Waals surface area contributed by atoms with Crippen molar-refractivity contribution in [2.24, 2.45) is 5.73 Å². The number of nitrogens with two attached hydrogens (primary N) is 1. The minimum atomic E-state index is -1.06. The molecule has 2 aromatic rings. The van der Waals surface area contributed by atoms with Gasteiger partial charge in [-0.1, -0.05) is 54.6 Å². The van der Waals surface area contributed by atoms with Gasteiger partial charge in [0, 0.05) is 26.2 Å². The minimum absolute atomic E-state index is 0. The number of morpholine rings is 1. The number of ether oxygens (including phenoxy) is 1. The maximum Gasteiger partial charge on any atom is 0.244 e. The van der Waals surface area contributed by atoms with Crippen LogP contribution in [-0.4, -0.2) is 37.1 Å². The van der Waals surface area contributed by atoms with E-state index in [0.717, 1.165) is 44.0 Å². The van der Waals surface area contributed by atoms with Gasteiger partial charge in [0.05, 0.1) is 13.2 Å². The van der Waals surface area contributed by atoms with E-state index in [1.165, 1.54) is 5.56 Å². The van der Waals surface area contributed by atoms with Crippen molar-refractivity contribution < 1.29 is 9.53 Å². The number of halogens is 2. The maximum atomic E-state index is 12.7. The molecule has 1 atom stereocenters. The van der Waals surface area contributed by atoms with E-state index in [9.17, 15) is 4.79 Å². The molecule has 1 unspecified atom stereocenters. The van der Waals surface area contributed by atoms with E-state index >= 15 is 0 Å². The van der Waals surface area contributed by atoms with E-state index in [1.54, 1.807) is 6.92 Å². The fraction of sp³-hybridized carbons (Fsp3) is 0.381. The molecule has 3 N–H and O–H groups in total. The number of nitrogens with one attached hydrogen (secondary N) is 1. The number of amides is 1. The lowest BCUT2D eigenvalue weighted by Gasteiger charge is -2.28. The van der Waals surface area contributed by atoms with Gasteiger partial charge < -0.3 is 15.8 Å². The lowest BCUT2D eigenvalue weighted by atomic mass is 9.92. The normalized spacial score (nSPS) is 16.2. The highest BCUT2D eigenvalue weighted by Crippen LogP contribution is 2.18. The molecule has 0 radical (unpaired) electrons. The van der Waals surface area contributed by atoms with E-state index < -0.39 is 5.54 Å². The summed E-state index contributed by atoms with van der Waals surface area (Å²) in [6, 6.07) is 17.7. The van der Waals surface area contributed by atoms with Crippen LogP contribution in [0.3, 0.4) is 0 Å². The van der Waals surface area contributed by atoms with Crippen LogP contribution in [0.2, 0.25) is 0 Å². The highest BCUT2D eigenvalue weighted by molar-refractivity contribution is 5.87. The highest BCUT2D eigenvalue weighted by Gasteiger charge is 2.30. The van der Waals surface area contributed by atoms with Gasteiger partial charge in [-0.2, -0.15) is 0 Å². The monoisotopic (exact) mass is 425 g/mol. The first-order valence-electron chi connectivity index (χ1n) is 9.07. The molecule has 3 rings (SSSR count). The molecule has 154 valence electrons. The summed E-state index contributed by atoms with van der Waals surface area (Å²) in [7, 11) is 0. The number of nitrogens with zero attached hydrogens (tertiary/aromatic N) is 1. The number of carbonyl (C=O) groups is 1. The molecule has 1 saturated heterocycles. The fourth-order valence-corrected chi connectivity index (χ4v) is 3.16. The van der Waals surface area contributed by atoms with Gasteiger partial charge in [0.2, 0.25) is 5.91 Å². The van der Waals surface area contributed by atoms with E-state index in [0.29, 0.717) is 6.54 Å². The molecule has 1 fully saturated rings. The van der Waals surface area contributed by atoms with Crippen molar-refractivity contribution in [1.29, 1.82) is 0 Å². The second-order valence-corrected chi connectivity index (χ2v) is 6.91. The Balaban J connectivity index is 0.00000196. The Labute approximate surface area is 179 Å². The highest BCUT2D eigenvalue weighted by atomic mass is 35.5. The van der Waals surface area contributed by atoms with Crippen LogP contribution in [0.25, 0.3) is 0 Å². The number of carbonyl (C=O) groups excluding carboxylic acids is 1. The van der Waals surface area contributed by atoms with Crippen LogP contribution in [0.15, 0.2) is 54.6 Å². The Morgan fingerprint density at radius 1 is 1.04 bits per heavy atom. The average Bonchev–Trinajstić information content (AvgIpc) is 2.68. The van der Waals surface area contributed by atoms with Crippen LogP contribution in [0.5, 0.6) is 0 Å². The Morgan fingerprint density at radius 3 is 2.25 bits per heavy atom. The number of hydrogen-bond donors (Lipinski definition) is 2. The zero-order chi connectivity index (χ0) is 18.4. The topological polar surface area (TPSA) is 67.6 Å². The summed E-state index contributed by atoms with van der Waals surface area (Å²) in [6.45, 7) is 6.53. The van der Waals surface area contributed by atoms with Gasteiger partial charge in [-0.3, -0.25) is 9.69 Å². The van der Waals surface area contributed by atoms with Crippen LogP contribution in [0, 0.1) is 0 Å². The second-order valence-electron chi connectivity index (χ2n) is 6.91. The van der Waals surface area contributed by atoms with E-state index in [4.69, 9.17) is 10.5 Å². The summed E-state index contributed by atoms with van der Waals surface area (Å²) in [4.78, 5) is 15.1. The molecule has 1 aliphatic heterocycles. The summed E-state index contributed by atoms with van der Waals surface area (Å²) in [6.07, 6.45) is 0. The zero-order valence-electron chi connectivity index (χ0n) is 16.1. The third kappa shape index (κ3) is 6.19. The summed E-state index contributed by atoms with van der Waals surface area (Å²) in [5.41, 5.74) is 8.40. The molecule has 0 bridgehead atoms. The van der Waals surface area contributed by atoms with E-state index in [-0.39, 0.29) is 30.7 Å². The van der Waals surface area contributed by atoms with Crippen molar-refractivity contribution in [3.8, 4) is 0 Å². The van der Waals surface area contributed by atoms with Gasteiger partial charge in [0.1, 0.15) is 5.54 Å². The molecule has 0 aliphatic carbocycles. The summed E-state index contributed by atoms with van der Waals surface area (Å²) >= 11 is 0. The third-order valence-electron chi connectivity index (χ3n) is 4.90. The summed E-state index contributed by atoms with van der Waals surface area (Å²) < 4.78 is 5.41. The van der Waals surface area contributed by atoms with Crippen molar-refractivity contribution in [2.45, 2.75) is 25.6 Å². The Morgan fingerprint density at radius 2 is 1.61 bits per heavy atom. The number of hydrogen-bond acceptors (Lipinski definition) is 4. The van der Waals surface area contributed by atoms with Gasteiger partial charge in [-0.05, 0) is 23.6 Å². The predicted molar refractivity (Wildman–Crippen MR) is 117 cm³/mol. The van der Waals surface area contributed by atoms with Crippen LogP contribution in [0.1, 0.15) is 23.6 Å². The predicted octanol–water partition coefficient (Wildman–Crippen LogP) is 2.85. The Kier molecular flexibility index (Phi) is 9.93.